The molecule has 1 aromatic heterocycles. The fourth-order valence-electron chi connectivity index (χ4n) is 2.61. The Kier molecular flexibility index (Phi) is 5.96. The minimum Gasteiger partial charge on any atom is -0.354 e. The van der Waals surface area contributed by atoms with Gasteiger partial charge in [0.15, 0.2) is 0 Å². The lowest BCUT2D eigenvalue weighted by molar-refractivity contribution is -0.115. The molecular weight excluding hydrogens is 298 g/mol. The van der Waals surface area contributed by atoms with Gasteiger partial charge in [-0.15, -0.1) is 0 Å². The van der Waals surface area contributed by atoms with Crippen molar-refractivity contribution in [3.05, 3.63) is 47.7 Å². The maximum atomic E-state index is 11.4. The molecule has 0 saturated carbocycles. The highest BCUT2D eigenvalue weighted by molar-refractivity contribution is 5.89. The maximum Gasteiger partial charge on any atom is 0.225 e. The Labute approximate surface area is 144 Å². The van der Waals surface area contributed by atoms with Crippen molar-refractivity contribution in [3.8, 4) is 0 Å². The van der Waals surface area contributed by atoms with Crippen molar-refractivity contribution in [3.63, 3.8) is 0 Å². The van der Waals surface area contributed by atoms with E-state index < -0.39 is 0 Å². The second kappa shape index (κ2) is 7.95. The van der Waals surface area contributed by atoms with Crippen LogP contribution in [-0.2, 0) is 4.79 Å². The van der Waals surface area contributed by atoms with Crippen LogP contribution in [0.5, 0.6) is 0 Å². The lowest BCUT2D eigenvalue weighted by Crippen LogP contribution is -2.10. The predicted molar refractivity (Wildman–Crippen MR) is 101 cm³/mol. The van der Waals surface area contributed by atoms with E-state index in [-0.39, 0.29) is 5.91 Å². The molecule has 1 amide bonds. The molecule has 0 aliphatic carbocycles. The number of nitrogens with zero attached hydrogens (tertiary/aromatic N) is 1. The fourth-order valence-corrected chi connectivity index (χ4v) is 2.61. The molecule has 0 bridgehead atoms. The number of amides is 1. The van der Waals surface area contributed by atoms with Gasteiger partial charge < -0.3 is 10.6 Å². The van der Waals surface area contributed by atoms with Crippen molar-refractivity contribution in [2.24, 2.45) is 0 Å². The molecular formula is C20H27N3O. The van der Waals surface area contributed by atoms with Gasteiger partial charge in [-0.2, -0.15) is 0 Å². The van der Waals surface area contributed by atoms with Crippen molar-refractivity contribution in [1.29, 1.82) is 0 Å². The second-order valence-corrected chi connectivity index (χ2v) is 6.58. The van der Waals surface area contributed by atoms with Crippen molar-refractivity contribution in [2.45, 2.75) is 52.9 Å². The molecule has 0 aliphatic rings. The summed E-state index contributed by atoms with van der Waals surface area (Å²) < 4.78 is 0. The molecule has 2 rings (SSSR count). The van der Waals surface area contributed by atoms with Crippen molar-refractivity contribution < 1.29 is 4.79 Å². The van der Waals surface area contributed by atoms with Crippen LogP contribution in [0.4, 0.5) is 17.2 Å². The number of anilines is 3. The minimum atomic E-state index is -0.0320. The number of hydrogen-bond donors (Lipinski definition) is 2. The number of carbonyl (C=O) groups is 1. The van der Waals surface area contributed by atoms with E-state index in [0.717, 1.165) is 11.4 Å². The van der Waals surface area contributed by atoms with Crippen molar-refractivity contribution in [2.75, 3.05) is 10.6 Å². The summed E-state index contributed by atoms with van der Waals surface area (Å²) >= 11 is 0. The predicted octanol–water partition coefficient (Wildman–Crippen LogP) is 5.42. The summed E-state index contributed by atoms with van der Waals surface area (Å²) in [5.74, 6) is 1.41. The van der Waals surface area contributed by atoms with Crippen LogP contribution in [0.25, 0.3) is 0 Å². The van der Waals surface area contributed by atoms with Crippen LogP contribution in [0, 0.1) is 0 Å². The van der Waals surface area contributed by atoms with Crippen molar-refractivity contribution in [1.82, 2.24) is 4.98 Å². The van der Waals surface area contributed by atoms with Crippen LogP contribution in [0.3, 0.4) is 0 Å². The standard InChI is InChI=1S/C20H27N3O/c1-6-19(24)23-18-11-10-15(12-21-18)22-20-16(13(2)3)8-7-9-17(20)14(4)5/h7-14,22H,6H2,1-5H3,(H,21,23,24). The number of pyridine rings is 1. The van der Waals surface area contributed by atoms with Gasteiger partial charge in [0, 0.05) is 12.1 Å². The number of rotatable bonds is 6. The molecule has 0 atom stereocenters. The minimum absolute atomic E-state index is 0.0320. The van der Waals surface area contributed by atoms with E-state index in [1.54, 1.807) is 6.20 Å². The highest BCUT2D eigenvalue weighted by atomic mass is 16.1. The monoisotopic (exact) mass is 325 g/mol. The van der Waals surface area contributed by atoms with Gasteiger partial charge in [0.2, 0.25) is 5.91 Å². The largest absolute Gasteiger partial charge is 0.354 e. The van der Waals surface area contributed by atoms with E-state index in [9.17, 15) is 4.79 Å². The molecule has 4 heteroatoms. The van der Waals surface area contributed by atoms with Gasteiger partial charge in [0.05, 0.1) is 11.9 Å². The fraction of sp³-hybridized carbons (Fsp3) is 0.400. The molecule has 24 heavy (non-hydrogen) atoms. The lowest BCUT2D eigenvalue weighted by Gasteiger charge is -2.21. The van der Waals surface area contributed by atoms with Crippen LogP contribution in [0.15, 0.2) is 36.5 Å². The number of hydrogen-bond acceptors (Lipinski definition) is 3. The normalized spacial score (nSPS) is 11.0. The zero-order chi connectivity index (χ0) is 17.7. The Morgan fingerprint density at radius 1 is 1.04 bits per heavy atom. The van der Waals surface area contributed by atoms with E-state index in [0.29, 0.717) is 24.1 Å². The Morgan fingerprint density at radius 2 is 1.67 bits per heavy atom. The highest BCUT2D eigenvalue weighted by Crippen LogP contribution is 2.34. The summed E-state index contributed by atoms with van der Waals surface area (Å²) in [4.78, 5) is 15.7. The van der Waals surface area contributed by atoms with Gasteiger partial charge in [0.1, 0.15) is 5.82 Å². The quantitative estimate of drug-likeness (QED) is 0.745. The van der Waals surface area contributed by atoms with Gasteiger partial charge in [-0.3, -0.25) is 4.79 Å². The SMILES string of the molecule is CCC(=O)Nc1ccc(Nc2c(C(C)C)cccc2C(C)C)cn1. The van der Waals surface area contributed by atoms with Gasteiger partial charge in [-0.25, -0.2) is 4.98 Å². The molecule has 128 valence electrons. The summed E-state index contributed by atoms with van der Waals surface area (Å²) in [6.07, 6.45) is 2.20. The summed E-state index contributed by atoms with van der Waals surface area (Å²) in [7, 11) is 0. The van der Waals surface area contributed by atoms with E-state index in [4.69, 9.17) is 0 Å². The van der Waals surface area contributed by atoms with Gasteiger partial charge in [0.25, 0.3) is 0 Å². The molecule has 0 spiro atoms. The van der Waals surface area contributed by atoms with E-state index in [1.165, 1.54) is 11.1 Å². The summed E-state index contributed by atoms with van der Waals surface area (Å²) in [5, 5.41) is 6.29. The number of carbonyl (C=O) groups excluding carboxylic acids is 1. The number of aromatic nitrogens is 1. The first-order chi connectivity index (χ1) is 11.4. The molecule has 2 N–H and O–H groups in total. The smallest absolute Gasteiger partial charge is 0.225 e. The maximum absolute atomic E-state index is 11.4. The first kappa shape index (κ1) is 18.0. The number of benzene rings is 1. The van der Waals surface area contributed by atoms with Crippen LogP contribution in [0.2, 0.25) is 0 Å². The van der Waals surface area contributed by atoms with E-state index in [2.05, 4.69) is 61.5 Å². The van der Waals surface area contributed by atoms with Crippen LogP contribution >= 0.6 is 0 Å². The first-order valence-electron chi connectivity index (χ1n) is 8.58. The summed E-state index contributed by atoms with van der Waals surface area (Å²) in [6.45, 7) is 10.6. The zero-order valence-electron chi connectivity index (χ0n) is 15.2. The molecule has 1 heterocycles. The Balaban J connectivity index is 2.28. The third kappa shape index (κ3) is 4.34. The topological polar surface area (TPSA) is 54.0 Å². The summed E-state index contributed by atoms with van der Waals surface area (Å²) in [5.41, 5.74) is 4.67. The van der Waals surface area contributed by atoms with Crippen LogP contribution < -0.4 is 10.6 Å². The Morgan fingerprint density at radius 3 is 2.12 bits per heavy atom. The van der Waals surface area contributed by atoms with Crippen LogP contribution in [-0.4, -0.2) is 10.9 Å². The number of nitrogens with one attached hydrogen (secondary N) is 2. The first-order valence-corrected chi connectivity index (χ1v) is 8.58. The molecule has 4 nitrogen and oxygen atoms in total. The Bertz CT molecular complexity index is 664. The lowest BCUT2D eigenvalue weighted by atomic mass is 9.92. The average Bonchev–Trinajstić information content (AvgIpc) is 2.56. The zero-order valence-corrected chi connectivity index (χ0v) is 15.2. The summed E-state index contributed by atoms with van der Waals surface area (Å²) in [6, 6.07) is 10.2. The molecule has 0 unspecified atom stereocenters. The molecule has 0 aliphatic heterocycles. The molecule has 0 radical (unpaired) electrons. The number of para-hydroxylation sites is 1. The molecule has 1 aromatic carbocycles. The molecule has 0 fully saturated rings. The third-order valence-electron chi connectivity index (χ3n) is 3.99. The van der Waals surface area contributed by atoms with Gasteiger partial charge >= 0.3 is 0 Å². The van der Waals surface area contributed by atoms with E-state index >= 15 is 0 Å². The average molecular weight is 325 g/mol. The van der Waals surface area contributed by atoms with Crippen LogP contribution in [0.1, 0.15) is 64.0 Å². The molecule has 2 aromatic rings. The molecule has 0 saturated heterocycles. The van der Waals surface area contributed by atoms with E-state index in [1.807, 2.05) is 19.1 Å². The van der Waals surface area contributed by atoms with Gasteiger partial charge in [-0.1, -0.05) is 52.8 Å². The van der Waals surface area contributed by atoms with Crippen molar-refractivity contribution >= 4 is 23.1 Å². The Hall–Kier alpha value is -2.36. The highest BCUT2D eigenvalue weighted by Gasteiger charge is 2.14. The van der Waals surface area contributed by atoms with Gasteiger partial charge in [-0.05, 0) is 35.1 Å². The second-order valence-electron chi connectivity index (χ2n) is 6.58. The third-order valence-corrected chi connectivity index (χ3v) is 3.99.